The SMILES string of the molecule is Cc1ccccc1C(=O)NCCN(CCN1CCOCC1)S(C)(=O)=O. The van der Waals surface area contributed by atoms with E-state index in [0.717, 1.165) is 18.7 Å². The maximum atomic E-state index is 12.2. The Kier molecular flexibility index (Phi) is 7.37. The van der Waals surface area contributed by atoms with Gasteiger partial charge in [-0.1, -0.05) is 18.2 Å². The standard InChI is InChI=1S/C17H27N3O4S/c1-15-5-3-4-6-16(15)17(21)18-7-8-20(25(2,22)23)10-9-19-11-13-24-14-12-19/h3-6H,7-14H2,1-2H3,(H,18,21). The molecule has 1 fully saturated rings. The maximum Gasteiger partial charge on any atom is 0.251 e. The minimum Gasteiger partial charge on any atom is -0.379 e. The summed E-state index contributed by atoms with van der Waals surface area (Å²) < 4.78 is 30.7. The van der Waals surface area contributed by atoms with Crippen molar-refractivity contribution in [3.05, 3.63) is 35.4 Å². The van der Waals surface area contributed by atoms with E-state index in [1.165, 1.54) is 10.6 Å². The number of amides is 1. The van der Waals surface area contributed by atoms with E-state index in [0.29, 0.717) is 31.9 Å². The second kappa shape index (κ2) is 9.28. The Balaban J connectivity index is 1.83. The quantitative estimate of drug-likeness (QED) is 0.714. The van der Waals surface area contributed by atoms with Crippen molar-refractivity contribution in [2.75, 3.05) is 58.7 Å². The molecule has 1 aromatic rings. The zero-order valence-electron chi connectivity index (χ0n) is 14.9. The Morgan fingerprint density at radius 2 is 1.92 bits per heavy atom. The highest BCUT2D eigenvalue weighted by molar-refractivity contribution is 7.88. The molecule has 1 heterocycles. The fourth-order valence-electron chi connectivity index (χ4n) is 2.74. The van der Waals surface area contributed by atoms with Crippen molar-refractivity contribution in [1.29, 1.82) is 0 Å². The number of nitrogens with one attached hydrogen (secondary N) is 1. The lowest BCUT2D eigenvalue weighted by Gasteiger charge is -2.29. The Hall–Kier alpha value is -1.48. The van der Waals surface area contributed by atoms with Crippen LogP contribution >= 0.6 is 0 Å². The number of ether oxygens (including phenoxy) is 1. The van der Waals surface area contributed by atoms with Gasteiger partial charge in [-0.3, -0.25) is 9.69 Å². The number of aryl methyl sites for hydroxylation is 1. The third kappa shape index (κ3) is 6.39. The predicted molar refractivity (Wildman–Crippen MR) is 97.2 cm³/mol. The Bertz CT molecular complexity index is 672. The molecule has 1 aliphatic heterocycles. The van der Waals surface area contributed by atoms with Gasteiger partial charge in [-0.2, -0.15) is 4.31 Å². The van der Waals surface area contributed by atoms with Gasteiger partial charge in [-0.25, -0.2) is 8.42 Å². The summed E-state index contributed by atoms with van der Waals surface area (Å²) in [6.45, 7) is 6.52. The van der Waals surface area contributed by atoms with Crippen LogP contribution in [0.3, 0.4) is 0 Å². The molecule has 1 aliphatic rings. The summed E-state index contributed by atoms with van der Waals surface area (Å²) in [5, 5.41) is 2.80. The normalized spacial score (nSPS) is 16.1. The molecule has 0 bridgehead atoms. The molecule has 8 heteroatoms. The summed E-state index contributed by atoms with van der Waals surface area (Å²) in [6.07, 6.45) is 1.20. The molecule has 2 rings (SSSR count). The average Bonchev–Trinajstić information content (AvgIpc) is 2.58. The van der Waals surface area contributed by atoms with Gasteiger partial charge in [0.15, 0.2) is 0 Å². The van der Waals surface area contributed by atoms with Gasteiger partial charge in [0, 0.05) is 44.8 Å². The number of carbonyl (C=O) groups is 1. The maximum absolute atomic E-state index is 12.2. The number of sulfonamides is 1. The molecule has 1 amide bonds. The predicted octanol–water partition coefficient (Wildman–Crippen LogP) is 0.319. The van der Waals surface area contributed by atoms with Crippen LogP contribution in [0.4, 0.5) is 0 Å². The summed E-state index contributed by atoms with van der Waals surface area (Å²) >= 11 is 0. The molecule has 0 radical (unpaired) electrons. The first-order chi connectivity index (χ1) is 11.9. The molecule has 0 saturated carbocycles. The van der Waals surface area contributed by atoms with Crippen molar-refractivity contribution in [3.8, 4) is 0 Å². The van der Waals surface area contributed by atoms with E-state index in [1.807, 2.05) is 25.1 Å². The van der Waals surface area contributed by atoms with Crippen LogP contribution in [0.2, 0.25) is 0 Å². The molecule has 1 saturated heterocycles. The highest BCUT2D eigenvalue weighted by Crippen LogP contribution is 2.06. The lowest BCUT2D eigenvalue weighted by Crippen LogP contribution is -2.45. The van der Waals surface area contributed by atoms with E-state index in [1.54, 1.807) is 6.07 Å². The van der Waals surface area contributed by atoms with Crippen LogP contribution in [0.25, 0.3) is 0 Å². The van der Waals surface area contributed by atoms with Gasteiger partial charge in [0.1, 0.15) is 0 Å². The lowest BCUT2D eigenvalue weighted by molar-refractivity contribution is 0.0363. The minimum absolute atomic E-state index is 0.181. The Morgan fingerprint density at radius 1 is 1.24 bits per heavy atom. The molecule has 0 unspecified atom stereocenters. The van der Waals surface area contributed by atoms with Gasteiger partial charge >= 0.3 is 0 Å². The fraction of sp³-hybridized carbons (Fsp3) is 0.588. The molecule has 0 aromatic heterocycles. The summed E-state index contributed by atoms with van der Waals surface area (Å²) in [5.41, 5.74) is 1.51. The van der Waals surface area contributed by atoms with Crippen LogP contribution < -0.4 is 5.32 Å². The van der Waals surface area contributed by atoms with Crippen molar-refractivity contribution in [2.45, 2.75) is 6.92 Å². The fourth-order valence-corrected chi connectivity index (χ4v) is 3.57. The highest BCUT2D eigenvalue weighted by atomic mass is 32.2. The second-order valence-corrected chi connectivity index (χ2v) is 8.17. The average molecular weight is 369 g/mol. The molecule has 1 N–H and O–H groups in total. The van der Waals surface area contributed by atoms with E-state index in [-0.39, 0.29) is 19.0 Å². The number of carbonyl (C=O) groups excluding carboxylic acids is 1. The third-order valence-corrected chi connectivity index (χ3v) is 5.58. The van der Waals surface area contributed by atoms with Crippen molar-refractivity contribution in [3.63, 3.8) is 0 Å². The first kappa shape index (κ1) is 19.8. The number of morpholine rings is 1. The summed E-state index contributed by atoms with van der Waals surface area (Å²) in [6, 6.07) is 7.33. The largest absolute Gasteiger partial charge is 0.379 e. The smallest absolute Gasteiger partial charge is 0.251 e. The number of benzene rings is 1. The van der Waals surface area contributed by atoms with Gasteiger partial charge < -0.3 is 10.1 Å². The number of hydrogen-bond acceptors (Lipinski definition) is 5. The van der Waals surface area contributed by atoms with Crippen LogP contribution in [0.1, 0.15) is 15.9 Å². The lowest BCUT2D eigenvalue weighted by atomic mass is 10.1. The monoisotopic (exact) mass is 369 g/mol. The Morgan fingerprint density at radius 3 is 2.56 bits per heavy atom. The van der Waals surface area contributed by atoms with E-state index >= 15 is 0 Å². The molecule has 140 valence electrons. The molecule has 0 aliphatic carbocycles. The highest BCUT2D eigenvalue weighted by Gasteiger charge is 2.19. The van der Waals surface area contributed by atoms with Gasteiger partial charge in [0.2, 0.25) is 10.0 Å². The molecular weight excluding hydrogens is 342 g/mol. The van der Waals surface area contributed by atoms with E-state index < -0.39 is 10.0 Å². The number of hydrogen-bond donors (Lipinski definition) is 1. The van der Waals surface area contributed by atoms with Crippen LogP contribution in [-0.4, -0.2) is 82.3 Å². The molecule has 0 atom stereocenters. The minimum atomic E-state index is -3.31. The molecule has 1 aromatic carbocycles. The van der Waals surface area contributed by atoms with E-state index in [4.69, 9.17) is 4.74 Å². The van der Waals surface area contributed by atoms with Crippen molar-refractivity contribution < 1.29 is 17.9 Å². The second-order valence-electron chi connectivity index (χ2n) is 6.19. The molecule has 7 nitrogen and oxygen atoms in total. The summed E-state index contributed by atoms with van der Waals surface area (Å²) in [5.74, 6) is -0.181. The Labute approximate surface area is 150 Å². The number of nitrogens with zero attached hydrogens (tertiary/aromatic N) is 2. The molecular formula is C17H27N3O4S. The van der Waals surface area contributed by atoms with Gasteiger partial charge in [-0.15, -0.1) is 0 Å². The zero-order chi connectivity index (χ0) is 18.3. The first-order valence-electron chi connectivity index (χ1n) is 8.47. The van der Waals surface area contributed by atoms with E-state index in [2.05, 4.69) is 10.2 Å². The van der Waals surface area contributed by atoms with Gasteiger partial charge in [0.05, 0.1) is 19.5 Å². The number of rotatable bonds is 8. The van der Waals surface area contributed by atoms with Crippen LogP contribution in [0.15, 0.2) is 24.3 Å². The van der Waals surface area contributed by atoms with E-state index in [9.17, 15) is 13.2 Å². The molecule has 0 spiro atoms. The summed E-state index contributed by atoms with van der Waals surface area (Å²) in [7, 11) is -3.31. The van der Waals surface area contributed by atoms with Gasteiger partial charge in [-0.05, 0) is 18.6 Å². The van der Waals surface area contributed by atoms with Crippen LogP contribution in [-0.2, 0) is 14.8 Å². The van der Waals surface area contributed by atoms with Crippen LogP contribution in [0, 0.1) is 6.92 Å². The van der Waals surface area contributed by atoms with Crippen LogP contribution in [0.5, 0.6) is 0 Å². The third-order valence-electron chi connectivity index (χ3n) is 4.27. The van der Waals surface area contributed by atoms with Crippen molar-refractivity contribution >= 4 is 15.9 Å². The first-order valence-corrected chi connectivity index (χ1v) is 10.3. The van der Waals surface area contributed by atoms with Gasteiger partial charge in [0.25, 0.3) is 5.91 Å². The topological polar surface area (TPSA) is 79.0 Å². The summed E-state index contributed by atoms with van der Waals surface area (Å²) in [4.78, 5) is 14.4. The zero-order valence-corrected chi connectivity index (χ0v) is 15.7. The van der Waals surface area contributed by atoms with Crippen molar-refractivity contribution in [2.24, 2.45) is 0 Å². The van der Waals surface area contributed by atoms with Crippen molar-refractivity contribution in [1.82, 2.24) is 14.5 Å². The molecule has 25 heavy (non-hydrogen) atoms.